The lowest BCUT2D eigenvalue weighted by Gasteiger charge is -2.16. The highest BCUT2D eigenvalue weighted by Gasteiger charge is 2.17. The Labute approximate surface area is 146 Å². The molecule has 5 heteroatoms. The van der Waals surface area contributed by atoms with Crippen molar-refractivity contribution in [3.05, 3.63) is 71.7 Å². The maximum atomic E-state index is 12.3. The number of amides is 2. The number of hydrogen-bond donors (Lipinski definition) is 1. The maximum Gasteiger partial charge on any atom is 0.289 e. The lowest BCUT2D eigenvalue weighted by Crippen LogP contribution is -2.36. The molecule has 25 heavy (non-hydrogen) atoms. The molecule has 0 aliphatic rings. The van der Waals surface area contributed by atoms with Crippen molar-refractivity contribution in [3.63, 3.8) is 0 Å². The van der Waals surface area contributed by atoms with Crippen LogP contribution in [0.15, 0.2) is 59.2 Å². The fourth-order valence-electron chi connectivity index (χ4n) is 2.64. The summed E-state index contributed by atoms with van der Waals surface area (Å²) in [6.45, 7) is 2.60. The number of fused-ring (bicyclic) bond motifs is 1. The summed E-state index contributed by atoms with van der Waals surface area (Å²) in [5.74, 6) is -0.00779. The molecule has 0 spiro atoms. The van der Waals surface area contributed by atoms with Crippen LogP contribution in [0.1, 0.15) is 26.5 Å². The van der Waals surface area contributed by atoms with Gasteiger partial charge in [-0.05, 0) is 35.9 Å². The number of aryl methyl sites for hydroxylation is 1. The van der Waals surface area contributed by atoms with Gasteiger partial charge in [-0.2, -0.15) is 0 Å². The number of hydrogen-bond acceptors (Lipinski definition) is 3. The molecule has 5 nitrogen and oxygen atoms in total. The molecule has 0 saturated carbocycles. The Balaban J connectivity index is 1.56. The molecule has 0 atom stereocenters. The average Bonchev–Trinajstić information content (AvgIpc) is 3.06. The number of nitrogens with one attached hydrogen (secondary N) is 1. The predicted molar refractivity (Wildman–Crippen MR) is 96.7 cm³/mol. The molecule has 0 radical (unpaired) electrons. The molecule has 1 aromatic heterocycles. The van der Waals surface area contributed by atoms with E-state index in [1.165, 1.54) is 11.2 Å². The van der Waals surface area contributed by atoms with E-state index >= 15 is 0 Å². The topological polar surface area (TPSA) is 62.6 Å². The second kappa shape index (κ2) is 7.21. The Kier molecular flexibility index (Phi) is 4.84. The summed E-state index contributed by atoms with van der Waals surface area (Å²) in [6.07, 6.45) is 1.50. The molecular formula is C20H20N2O3. The third-order valence-electron chi connectivity index (χ3n) is 4.15. The molecule has 1 heterocycles. The number of rotatable bonds is 5. The molecule has 3 aromatic rings. The minimum atomic E-state index is -0.192. The first kappa shape index (κ1) is 16.8. The quantitative estimate of drug-likeness (QED) is 0.778. The minimum Gasteiger partial charge on any atom is -0.459 e. The fourth-order valence-corrected chi connectivity index (χ4v) is 2.64. The summed E-state index contributed by atoms with van der Waals surface area (Å²) < 4.78 is 5.21. The fraction of sp³-hybridized carbons (Fsp3) is 0.200. The average molecular weight is 336 g/mol. The van der Waals surface area contributed by atoms with Gasteiger partial charge in [0.05, 0.1) is 6.26 Å². The van der Waals surface area contributed by atoms with Crippen molar-refractivity contribution in [2.45, 2.75) is 6.92 Å². The van der Waals surface area contributed by atoms with Crippen LogP contribution >= 0.6 is 0 Å². The number of furan rings is 1. The van der Waals surface area contributed by atoms with Gasteiger partial charge in [-0.25, -0.2) is 0 Å². The molecule has 2 aromatic carbocycles. The molecule has 0 aliphatic carbocycles. The van der Waals surface area contributed by atoms with Crippen molar-refractivity contribution in [2.75, 3.05) is 20.1 Å². The van der Waals surface area contributed by atoms with Gasteiger partial charge >= 0.3 is 0 Å². The third-order valence-corrected chi connectivity index (χ3v) is 4.15. The Morgan fingerprint density at radius 1 is 1.08 bits per heavy atom. The van der Waals surface area contributed by atoms with E-state index in [1.807, 2.05) is 43.3 Å². The second-order valence-electron chi connectivity index (χ2n) is 5.98. The normalized spacial score (nSPS) is 10.6. The Bertz CT molecular complexity index is 914. The molecule has 0 unspecified atom stereocenters. The van der Waals surface area contributed by atoms with Crippen LogP contribution in [0.25, 0.3) is 10.8 Å². The van der Waals surface area contributed by atoms with E-state index in [2.05, 4.69) is 5.32 Å². The highest BCUT2D eigenvalue weighted by molar-refractivity contribution is 5.98. The highest BCUT2D eigenvalue weighted by Crippen LogP contribution is 2.15. The first-order valence-corrected chi connectivity index (χ1v) is 8.13. The Hall–Kier alpha value is -3.08. The van der Waals surface area contributed by atoms with E-state index in [0.717, 1.165) is 16.3 Å². The maximum absolute atomic E-state index is 12.3. The van der Waals surface area contributed by atoms with E-state index in [-0.39, 0.29) is 11.8 Å². The lowest BCUT2D eigenvalue weighted by molar-refractivity contribution is 0.0756. The summed E-state index contributed by atoms with van der Waals surface area (Å²) in [6, 6.07) is 15.3. The number of benzene rings is 2. The van der Waals surface area contributed by atoms with Crippen LogP contribution in [0.3, 0.4) is 0 Å². The summed E-state index contributed by atoms with van der Waals surface area (Å²) >= 11 is 0. The van der Waals surface area contributed by atoms with Gasteiger partial charge in [-0.1, -0.05) is 30.3 Å². The van der Waals surface area contributed by atoms with E-state index in [4.69, 9.17) is 4.42 Å². The first-order valence-electron chi connectivity index (χ1n) is 8.13. The van der Waals surface area contributed by atoms with Gasteiger partial charge in [0.1, 0.15) is 0 Å². The van der Waals surface area contributed by atoms with Crippen LogP contribution in [0.5, 0.6) is 0 Å². The number of carbonyl (C=O) groups excluding carboxylic acids is 2. The van der Waals surface area contributed by atoms with Gasteiger partial charge < -0.3 is 14.6 Å². The van der Waals surface area contributed by atoms with E-state index in [9.17, 15) is 9.59 Å². The Morgan fingerprint density at radius 3 is 2.56 bits per heavy atom. The molecule has 0 saturated heterocycles. The van der Waals surface area contributed by atoms with Gasteiger partial charge in [-0.3, -0.25) is 9.59 Å². The summed E-state index contributed by atoms with van der Waals surface area (Å²) in [5, 5.41) is 4.97. The van der Waals surface area contributed by atoms with Crippen LogP contribution in [0.4, 0.5) is 0 Å². The number of carbonyl (C=O) groups is 2. The standard InChI is InChI=1S/C20H20N2O3/c1-14-9-12-25-18(14)20(24)22(2)11-10-21-19(23)17-8-7-15-5-3-4-6-16(15)13-17/h3-9,12-13H,10-11H2,1-2H3,(H,21,23). The molecule has 2 amide bonds. The molecule has 0 aliphatic heterocycles. The smallest absolute Gasteiger partial charge is 0.289 e. The molecule has 1 N–H and O–H groups in total. The zero-order chi connectivity index (χ0) is 17.8. The van der Waals surface area contributed by atoms with Crippen LogP contribution in [-0.2, 0) is 0 Å². The van der Waals surface area contributed by atoms with Gasteiger partial charge in [-0.15, -0.1) is 0 Å². The van der Waals surface area contributed by atoms with Crippen molar-refractivity contribution >= 4 is 22.6 Å². The van der Waals surface area contributed by atoms with Gasteiger partial charge in [0.25, 0.3) is 11.8 Å². The number of likely N-dealkylation sites (N-methyl/N-ethyl adjacent to an activating group) is 1. The van der Waals surface area contributed by atoms with Crippen LogP contribution < -0.4 is 5.32 Å². The van der Waals surface area contributed by atoms with Gasteiger partial charge in [0, 0.05) is 31.3 Å². The molecular weight excluding hydrogens is 316 g/mol. The minimum absolute atomic E-state index is 0.152. The molecule has 128 valence electrons. The molecule has 3 rings (SSSR count). The van der Waals surface area contributed by atoms with Crippen molar-refractivity contribution < 1.29 is 14.0 Å². The lowest BCUT2D eigenvalue weighted by atomic mass is 10.1. The monoisotopic (exact) mass is 336 g/mol. The SMILES string of the molecule is Cc1ccoc1C(=O)N(C)CCNC(=O)c1ccc2ccccc2c1. The van der Waals surface area contributed by atoms with E-state index in [1.54, 1.807) is 19.2 Å². The van der Waals surface area contributed by atoms with Crippen LogP contribution in [0, 0.1) is 6.92 Å². The van der Waals surface area contributed by atoms with E-state index < -0.39 is 0 Å². The highest BCUT2D eigenvalue weighted by atomic mass is 16.3. The largest absolute Gasteiger partial charge is 0.459 e. The van der Waals surface area contributed by atoms with Crippen molar-refractivity contribution in [1.82, 2.24) is 10.2 Å². The third kappa shape index (κ3) is 3.71. The zero-order valence-electron chi connectivity index (χ0n) is 14.3. The van der Waals surface area contributed by atoms with E-state index in [0.29, 0.717) is 24.4 Å². The second-order valence-corrected chi connectivity index (χ2v) is 5.98. The first-order chi connectivity index (χ1) is 12.1. The molecule has 0 bridgehead atoms. The van der Waals surface area contributed by atoms with Crippen LogP contribution in [-0.4, -0.2) is 36.9 Å². The summed E-state index contributed by atoms with van der Waals surface area (Å²) in [4.78, 5) is 26.1. The van der Waals surface area contributed by atoms with Gasteiger partial charge in [0.15, 0.2) is 5.76 Å². The van der Waals surface area contributed by atoms with Crippen molar-refractivity contribution in [1.29, 1.82) is 0 Å². The van der Waals surface area contributed by atoms with Gasteiger partial charge in [0.2, 0.25) is 0 Å². The Morgan fingerprint density at radius 2 is 1.84 bits per heavy atom. The zero-order valence-corrected chi connectivity index (χ0v) is 14.3. The van der Waals surface area contributed by atoms with Crippen molar-refractivity contribution in [3.8, 4) is 0 Å². The summed E-state index contributed by atoms with van der Waals surface area (Å²) in [7, 11) is 1.69. The predicted octanol–water partition coefficient (Wildman–Crippen LogP) is 3.24. The van der Waals surface area contributed by atoms with Crippen LogP contribution in [0.2, 0.25) is 0 Å². The van der Waals surface area contributed by atoms with Crippen molar-refractivity contribution in [2.24, 2.45) is 0 Å². The number of nitrogens with zero attached hydrogens (tertiary/aromatic N) is 1. The molecule has 0 fully saturated rings. The summed E-state index contributed by atoms with van der Waals surface area (Å²) in [5.41, 5.74) is 1.41.